The first kappa shape index (κ1) is 24.1. The smallest absolute Gasteiger partial charge is 0.226 e. The molecule has 0 saturated carbocycles. The van der Waals surface area contributed by atoms with Crippen LogP contribution in [0.4, 0.5) is 5.69 Å². The number of para-hydroxylation sites is 1. The van der Waals surface area contributed by atoms with Crippen molar-refractivity contribution >= 4 is 11.6 Å². The first-order chi connectivity index (χ1) is 15.5. The van der Waals surface area contributed by atoms with Gasteiger partial charge < -0.3 is 19.3 Å². The number of ether oxygens (including phenoxy) is 2. The third-order valence-electron chi connectivity index (χ3n) is 6.48. The van der Waals surface area contributed by atoms with Crippen molar-refractivity contribution in [1.82, 2.24) is 4.90 Å². The maximum Gasteiger partial charge on any atom is 0.226 e. The number of hydrogen-bond acceptors (Lipinski definition) is 4. The molecule has 2 aromatic carbocycles. The molecule has 0 atom stereocenters. The SMILES string of the molecule is CCC(=O)N(c1ccccc1)C1CCN(CCc2cc(OC)c(C(C)C)cc2OC)CC1. The fourth-order valence-corrected chi connectivity index (χ4v) is 4.63. The molecule has 1 saturated heterocycles. The van der Waals surface area contributed by atoms with Crippen molar-refractivity contribution in [2.75, 3.05) is 38.8 Å². The number of amides is 1. The van der Waals surface area contributed by atoms with Crippen LogP contribution in [-0.2, 0) is 11.2 Å². The second kappa shape index (κ2) is 11.4. The van der Waals surface area contributed by atoms with Crippen molar-refractivity contribution in [2.45, 2.75) is 58.4 Å². The number of methoxy groups -OCH3 is 2. The summed E-state index contributed by atoms with van der Waals surface area (Å²) in [5.41, 5.74) is 3.37. The van der Waals surface area contributed by atoms with E-state index in [0.29, 0.717) is 12.3 Å². The molecule has 1 heterocycles. The number of piperidine rings is 1. The lowest BCUT2D eigenvalue weighted by atomic mass is 9.97. The summed E-state index contributed by atoms with van der Waals surface area (Å²) in [4.78, 5) is 17.2. The van der Waals surface area contributed by atoms with Crippen molar-refractivity contribution in [3.8, 4) is 11.5 Å². The summed E-state index contributed by atoms with van der Waals surface area (Å²) in [5, 5.41) is 0. The Kier molecular flexibility index (Phi) is 8.57. The molecule has 0 N–H and O–H groups in total. The standard InChI is InChI=1S/C27H38N2O3/c1-6-27(30)29(22-10-8-7-9-11-22)23-13-16-28(17-14-23)15-12-21-18-26(32-5)24(20(2)3)19-25(21)31-4/h7-11,18-20,23H,6,12-17H2,1-5H3. The van der Waals surface area contributed by atoms with Crippen molar-refractivity contribution in [3.05, 3.63) is 53.6 Å². The molecule has 1 amide bonds. The molecule has 0 spiro atoms. The van der Waals surface area contributed by atoms with Crippen molar-refractivity contribution in [2.24, 2.45) is 0 Å². The van der Waals surface area contributed by atoms with Crippen molar-refractivity contribution in [1.29, 1.82) is 0 Å². The lowest BCUT2D eigenvalue weighted by molar-refractivity contribution is -0.119. The molecule has 32 heavy (non-hydrogen) atoms. The van der Waals surface area contributed by atoms with Crippen LogP contribution in [0.25, 0.3) is 0 Å². The van der Waals surface area contributed by atoms with Gasteiger partial charge in [0.2, 0.25) is 5.91 Å². The van der Waals surface area contributed by atoms with Gasteiger partial charge in [-0.05, 0) is 55.0 Å². The molecule has 3 rings (SSSR count). The van der Waals surface area contributed by atoms with Crippen LogP contribution < -0.4 is 14.4 Å². The highest BCUT2D eigenvalue weighted by molar-refractivity contribution is 5.93. The van der Waals surface area contributed by atoms with Crippen LogP contribution in [0.3, 0.4) is 0 Å². The van der Waals surface area contributed by atoms with E-state index in [9.17, 15) is 4.79 Å². The summed E-state index contributed by atoms with van der Waals surface area (Å²) in [6, 6.07) is 14.6. The van der Waals surface area contributed by atoms with Crippen molar-refractivity contribution < 1.29 is 14.3 Å². The predicted molar refractivity (Wildman–Crippen MR) is 131 cm³/mol. The van der Waals surface area contributed by atoms with Crippen LogP contribution in [0.1, 0.15) is 57.1 Å². The molecule has 0 bridgehead atoms. The lowest BCUT2D eigenvalue weighted by Gasteiger charge is -2.38. The van der Waals surface area contributed by atoms with Crippen LogP contribution in [0, 0.1) is 0 Å². The van der Waals surface area contributed by atoms with E-state index in [0.717, 1.165) is 56.1 Å². The molecule has 0 radical (unpaired) electrons. The van der Waals surface area contributed by atoms with Gasteiger partial charge in [0.1, 0.15) is 11.5 Å². The van der Waals surface area contributed by atoms with Crippen LogP contribution in [0.2, 0.25) is 0 Å². The number of carbonyl (C=O) groups is 1. The van der Waals surface area contributed by atoms with Gasteiger partial charge in [0, 0.05) is 43.3 Å². The number of nitrogens with zero attached hydrogens (tertiary/aromatic N) is 2. The Morgan fingerprint density at radius 1 is 1.06 bits per heavy atom. The zero-order chi connectivity index (χ0) is 23.1. The molecule has 1 aliphatic heterocycles. The normalized spacial score (nSPS) is 15.1. The number of benzene rings is 2. The molecule has 2 aromatic rings. The minimum Gasteiger partial charge on any atom is -0.496 e. The summed E-state index contributed by atoms with van der Waals surface area (Å²) >= 11 is 0. The molecule has 5 nitrogen and oxygen atoms in total. The van der Waals surface area contributed by atoms with Crippen LogP contribution >= 0.6 is 0 Å². The van der Waals surface area contributed by atoms with E-state index in [1.54, 1.807) is 14.2 Å². The van der Waals surface area contributed by atoms with Gasteiger partial charge in [-0.15, -0.1) is 0 Å². The maximum atomic E-state index is 12.7. The van der Waals surface area contributed by atoms with Crippen molar-refractivity contribution in [3.63, 3.8) is 0 Å². The highest BCUT2D eigenvalue weighted by Crippen LogP contribution is 2.34. The third kappa shape index (κ3) is 5.63. The fourth-order valence-electron chi connectivity index (χ4n) is 4.63. The van der Waals surface area contributed by atoms with Gasteiger partial charge in [-0.3, -0.25) is 4.79 Å². The third-order valence-corrected chi connectivity index (χ3v) is 6.48. The van der Waals surface area contributed by atoms with Gasteiger partial charge in [-0.25, -0.2) is 0 Å². The average molecular weight is 439 g/mol. The lowest BCUT2D eigenvalue weighted by Crippen LogP contribution is -2.47. The van der Waals surface area contributed by atoms with E-state index in [1.165, 1.54) is 11.1 Å². The quantitative estimate of drug-likeness (QED) is 0.534. The van der Waals surface area contributed by atoms with E-state index >= 15 is 0 Å². The van der Waals surface area contributed by atoms with E-state index in [4.69, 9.17) is 9.47 Å². The minimum atomic E-state index is 0.205. The summed E-state index contributed by atoms with van der Waals surface area (Å²) in [6.07, 6.45) is 3.43. The number of rotatable bonds is 9. The Bertz CT molecular complexity index is 874. The van der Waals surface area contributed by atoms with Gasteiger partial charge in [-0.1, -0.05) is 39.0 Å². The molecule has 5 heteroatoms. The average Bonchev–Trinajstić information content (AvgIpc) is 2.83. The van der Waals surface area contributed by atoms with Gasteiger partial charge >= 0.3 is 0 Å². The first-order valence-electron chi connectivity index (χ1n) is 11.8. The largest absolute Gasteiger partial charge is 0.496 e. The molecule has 1 aliphatic rings. The number of carbonyl (C=O) groups excluding carboxylic acids is 1. The zero-order valence-electron chi connectivity index (χ0n) is 20.3. The Balaban J connectivity index is 1.63. The Labute approximate surface area is 193 Å². The van der Waals surface area contributed by atoms with Crippen LogP contribution in [0.5, 0.6) is 11.5 Å². The maximum absolute atomic E-state index is 12.7. The summed E-state index contributed by atoms with van der Waals surface area (Å²) in [6.45, 7) is 9.25. The van der Waals surface area contributed by atoms with Crippen LogP contribution in [0.15, 0.2) is 42.5 Å². The highest BCUT2D eigenvalue weighted by atomic mass is 16.5. The monoisotopic (exact) mass is 438 g/mol. The minimum absolute atomic E-state index is 0.205. The molecular weight excluding hydrogens is 400 g/mol. The summed E-state index contributed by atoms with van der Waals surface area (Å²) < 4.78 is 11.3. The Morgan fingerprint density at radius 2 is 1.72 bits per heavy atom. The Hall–Kier alpha value is -2.53. The number of likely N-dealkylation sites (tertiary alicyclic amines) is 1. The second-order valence-electron chi connectivity index (χ2n) is 8.84. The fraction of sp³-hybridized carbons (Fsp3) is 0.519. The van der Waals surface area contributed by atoms with Gasteiger partial charge in [0.05, 0.1) is 14.2 Å². The summed E-state index contributed by atoms with van der Waals surface area (Å²) in [7, 11) is 3.47. The van der Waals surface area contributed by atoms with E-state index < -0.39 is 0 Å². The van der Waals surface area contributed by atoms with Gasteiger partial charge in [-0.2, -0.15) is 0 Å². The van der Waals surface area contributed by atoms with Gasteiger partial charge in [0.15, 0.2) is 0 Å². The predicted octanol–water partition coefficient (Wildman–Crippen LogP) is 5.28. The van der Waals surface area contributed by atoms with E-state index in [2.05, 4.69) is 30.9 Å². The highest BCUT2D eigenvalue weighted by Gasteiger charge is 2.28. The first-order valence-corrected chi connectivity index (χ1v) is 11.8. The van der Waals surface area contributed by atoms with E-state index in [-0.39, 0.29) is 11.9 Å². The number of anilines is 1. The molecule has 174 valence electrons. The second-order valence-corrected chi connectivity index (χ2v) is 8.84. The molecule has 0 unspecified atom stereocenters. The molecular formula is C27H38N2O3. The topological polar surface area (TPSA) is 42.0 Å². The molecule has 0 aliphatic carbocycles. The summed E-state index contributed by atoms with van der Waals surface area (Å²) in [5.74, 6) is 2.46. The Morgan fingerprint density at radius 3 is 2.28 bits per heavy atom. The molecule has 1 fully saturated rings. The zero-order valence-corrected chi connectivity index (χ0v) is 20.3. The number of hydrogen-bond donors (Lipinski definition) is 0. The molecule has 0 aromatic heterocycles. The van der Waals surface area contributed by atoms with Gasteiger partial charge in [0.25, 0.3) is 0 Å². The van der Waals surface area contributed by atoms with E-state index in [1.807, 2.05) is 42.2 Å². The van der Waals surface area contributed by atoms with Crippen LogP contribution in [-0.4, -0.2) is 50.7 Å².